The maximum Gasteiger partial charge on any atom is 0.349 e. The van der Waals surface area contributed by atoms with Crippen LogP contribution in [0.1, 0.15) is 23.5 Å². The van der Waals surface area contributed by atoms with Crippen LogP contribution in [0.3, 0.4) is 0 Å². The van der Waals surface area contributed by atoms with Crippen molar-refractivity contribution in [3.63, 3.8) is 0 Å². The largest absolute Gasteiger partial charge is 0.465 e. The number of carbonyl (C=O) groups is 1. The standard InChI is InChI=1S/C12H17NO6S2/c1-12(2)18-7-8(19-12)6-13-21(15,16)9-4-5-20-10(9)11(14)17-3/h4-5,8,13H,6-7H2,1-3H3. The van der Waals surface area contributed by atoms with Crippen LogP contribution in [0.25, 0.3) is 0 Å². The summed E-state index contributed by atoms with van der Waals surface area (Å²) in [6.45, 7) is 3.90. The van der Waals surface area contributed by atoms with Crippen LogP contribution in [-0.4, -0.2) is 46.5 Å². The maximum absolute atomic E-state index is 12.2. The summed E-state index contributed by atoms with van der Waals surface area (Å²) in [5, 5.41) is 1.53. The molecule has 0 bridgehead atoms. The highest BCUT2D eigenvalue weighted by Gasteiger charge is 2.34. The Hall–Kier alpha value is -1.00. The molecule has 1 atom stereocenters. The molecule has 0 radical (unpaired) electrons. The predicted octanol–water partition coefficient (Wildman–Crippen LogP) is 0.964. The van der Waals surface area contributed by atoms with Gasteiger partial charge in [-0.1, -0.05) is 0 Å². The first-order valence-corrected chi connectivity index (χ1v) is 8.59. The van der Waals surface area contributed by atoms with Gasteiger partial charge >= 0.3 is 5.97 Å². The lowest BCUT2D eigenvalue weighted by atomic mass is 10.4. The third-order valence-electron chi connectivity index (χ3n) is 2.86. The smallest absolute Gasteiger partial charge is 0.349 e. The highest BCUT2D eigenvalue weighted by molar-refractivity contribution is 7.89. The fourth-order valence-electron chi connectivity index (χ4n) is 1.89. The molecule has 9 heteroatoms. The van der Waals surface area contributed by atoms with Gasteiger partial charge in [0.25, 0.3) is 0 Å². The van der Waals surface area contributed by atoms with Crippen molar-refractivity contribution in [2.45, 2.75) is 30.6 Å². The van der Waals surface area contributed by atoms with E-state index in [0.717, 1.165) is 11.3 Å². The van der Waals surface area contributed by atoms with E-state index in [1.165, 1.54) is 18.6 Å². The Bertz CT molecular complexity index is 621. The molecule has 21 heavy (non-hydrogen) atoms. The highest BCUT2D eigenvalue weighted by Crippen LogP contribution is 2.24. The lowest BCUT2D eigenvalue weighted by molar-refractivity contribution is -0.137. The van der Waals surface area contributed by atoms with Crippen molar-refractivity contribution in [2.75, 3.05) is 20.3 Å². The average Bonchev–Trinajstić information content (AvgIpc) is 3.02. The second-order valence-electron chi connectivity index (χ2n) is 4.91. The van der Waals surface area contributed by atoms with Crippen LogP contribution in [-0.2, 0) is 24.2 Å². The number of sulfonamides is 1. The Balaban J connectivity index is 2.06. The van der Waals surface area contributed by atoms with Crippen LogP contribution in [0.5, 0.6) is 0 Å². The predicted molar refractivity (Wildman–Crippen MR) is 75.8 cm³/mol. The number of hydrogen-bond acceptors (Lipinski definition) is 7. The molecule has 1 aliphatic heterocycles. The van der Waals surface area contributed by atoms with Crippen LogP contribution in [0, 0.1) is 0 Å². The van der Waals surface area contributed by atoms with Gasteiger partial charge in [0.1, 0.15) is 9.77 Å². The monoisotopic (exact) mass is 335 g/mol. The van der Waals surface area contributed by atoms with Crippen LogP contribution in [0.2, 0.25) is 0 Å². The molecule has 1 aromatic heterocycles. The van der Waals surface area contributed by atoms with E-state index in [2.05, 4.69) is 9.46 Å². The second-order valence-corrected chi connectivity index (χ2v) is 7.56. The van der Waals surface area contributed by atoms with E-state index >= 15 is 0 Å². The first-order valence-electron chi connectivity index (χ1n) is 6.22. The summed E-state index contributed by atoms with van der Waals surface area (Å²) in [7, 11) is -2.60. The number of esters is 1. The van der Waals surface area contributed by atoms with Gasteiger partial charge in [0.15, 0.2) is 5.79 Å². The fourth-order valence-corrected chi connectivity index (χ4v) is 4.29. The van der Waals surface area contributed by atoms with Gasteiger partial charge in [-0.05, 0) is 25.3 Å². The summed E-state index contributed by atoms with van der Waals surface area (Å²) < 4.78 is 42.4. The van der Waals surface area contributed by atoms with E-state index in [0.29, 0.717) is 6.61 Å². The van der Waals surface area contributed by atoms with Gasteiger partial charge in [-0.15, -0.1) is 11.3 Å². The van der Waals surface area contributed by atoms with Crippen LogP contribution >= 0.6 is 11.3 Å². The molecular formula is C12H17NO6S2. The molecule has 118 valence electrons. The van der Waals surface area contributed by atoms with Gasteiger partial charge in [0.05, 0.1) is 19.8 Å². The maximum atomic E-state index is 12.2. The summed E-state index contributed by atoms with van der Waals surface area (Å²) in [5.74, 6) is -1.39. The molecule has 1 aliphatic rings. The zero-order chi connectivity index (χ0) is 15.7. The van der Waals surface area contributed by atoms with Crippen LogP contribution in [0.4, 0.5) is 0 Å². The molecule has 0 aliphatic carbocycles. The molecule has 1 fully saturated rings. The number of nitrogens with one attached hydrogen (secondary N) is 1. The van der Waals surface area contributed by atoms with Crippen molar-refractivity contribution in [3.8, 4) is 0 Å². The average molecular weight is 335 g/mol. The zero-order valence-electron chi connectivity index (χ0n) is 11.9. The normalized spacial score (nSPS) is 21.4. The van der Waals surface area contributed by atoms with E-state index in [-0.39, 0.29) is 22.4 Å². The third kappa shape index (κ3) is 3.80. The molecule has 2 heterocycles. The fraction of sp³-hybridized carbons (Fsp3) is 0.583. The topological polar surface area (TPSA) is 90.9 Å². The van der Waals surface area contributed by atoms with E-state index in [1.54, 1.807) is 13.8 Å². The quantitative estimate of drug-likeness (QED) is 0.806. The number of carbonyl (C=O) groups excluding carboxylic acids is 1. The Morgan fingerprint density at radius 3 is 2.86 bits per heavy atom. The van der Waals surface area contributed by atoms with Crippen molar-refractivity contribution in [3.05, 3.63) is 16.3 Å². The van der Waals surface area contributed by atoms with Crippen molar-refractivity contribution < 1.29 is 27.4 Å². The van der Waals surface area contributed by atoms with Gasteiger partial charge in [-0.25, -0.2) is 17.9 Å². The second kappa shape index (κ2) is 6.01. The van der Waals surface area contributed by atoms with E-state index in [1.807, 2.05) is 0 Å². The molecule has 0 amide bonds. The van der Waals surface area contributed by atoms with Crippen molar-refractivity contribution in [1.29, 1.82) is 0 Å². The van der Waals surface area contributed by atoms with E-state index in [4.69, 9.17) is 9.47 Å². The third-order valence-corrected chi connectivity index (χ3v) is 5.35. The molecular weight excluding hydrogens is 318 g/mol. The summed E-state index contributed by atoms with van der Waals surface area (Å²) in [5.41, 5.74) is 0. The lowest BCUT2D eigenvalue weighted by Crippen LogP contribution is -2.34. The van der Waals surface area contributed by atoms with Gasteiger partial charge in [0, 0.05) is 6.54 Å². The van der Waals surface area contributed by atoms with Gasteiger partial charge in [0.2, 0.25) is 10.0 Å². The Kier molecular flexibility index (Phi) is 4.69. The Morgan fingerprint density at radius 2 is 2.29 bits per heavy atom. The lowest BCUT2D eigenvalue weighted by Gasteiger charge is -2.17. The van der Waals surface area contributed by atoms with Crippen LogP contribution in [0.15, 0.2) is 16.3 Å². The number of thiophene rings is 1. The molecule has 0 saturated carbocycles. The molecule has 1 N–H and O–H groups in total. The molecule has 7 nitrogen and oxygen atoms in total. The molecule has 0 aromatic carbocycles. The minimum Gasteiger partial charge on any atom is -0.465 e. The number of rotatable bonds is 5. The first-order chi connectivity index (χ1) is 9.75. The molecule has 0 spiro atoms. The molecule has 2 rings (SSSR count). The molecule has 1 aromatic rings. The van der Waals surface area contributed by atoms with Crippen molar-refractivity contribution in [2.24, 2.45) is 0 Å². The number of ether oxygens (including phenoxy) is 3. The van der Waals surface area contributed by atoms with Gasteiger partial charge < -0.3 is 14.2 Å². The Morgan fingerprint density at radius 1 is 1.57 bits per heavy atom. The highest BCUT2D eigenvalue weighted by atomic mass is 32.2. The summed E-state index contributed by atoms with van der Waals surface area (Å²) in [6.07, 6.45) is -0.366. The SMILES string of the molecule is COC(=O)c1sccc1S(=O)(=O)NCC1COC(C)(C)O1. The summed E-state index contributed by atoms with van der Waals surface area (Å²) in [4.78, 5) is 11.5. The van der Waals surface area contributed by atoms with Crippen molar-refractivity contribution >= 4 is 27.3 Å². The zero-order valence-corrected chi connectivity index (χ0v) is 13.5. The van der Waals surface area contributed by atoms with Crippen LogP contribution < -0.4 is 4.72 Å². The summed E-state index contributed by atoms with van der Waals surface area (Å²) in [6, 6.07) is 1.37. The van der Waals surface area contributed by atoms with Gasteiger partial charge in [-0.2, -0.15) is 0 Å². The Labute approximate surface area is 127 Å². The van der Waals surface area contributed by atoms with E-state index < -0.39 is 21.8 Å². The number of methoxy groups -OCH3 is 1. The van der Waals surface area contributed by atoms with Gasteiger partial charge in [-0.3, -0.25) is 0 Å². The first kappa shape index (κ1) is 16.4. The molecule has 1 unspecified atom stereocenters. The molecule has 1 saturated heterocycles. The van der Waals surface area contributed by atoms with E-state index in [9.17, 15) is 13.2 Å². The van der Waals surface area contributed by atoms with Crippen molar-refractivity contribution in [1.82, 2.24) is 4.72 Å². The summed E-state index contributed by atoms with van der Waals surface area (Å²) >= 11 is 1.02. The minimum atomic E-state index is -3.80. The minimum absolute atomic E-state index is 0.0499. The number of hydrogen-bond donors (Lipinski definition) is 1.